The molecule has 1 N–H and O–H groups in total. The molecule has 0 amide bonds. The molecule has 152 valence electrons. The van der Waals surface area contributed by atoms with Crippen molar-refractivity contribution in [3.63, 3.8) is 0 Å². The highest BCUT2D eigenvalue weighted by molar-refractivity contribution is 5.60. The van der Waals surface area contributed by atoms with E-state index in [9.17, 15) is 0 Å². The predicted molar refractivity (Wildman–Crippen MR) is 119 cm³/mol. The Labute approximate surface area is 170 Å². The van der Waals surface area contributed by atoms with E-state index in [0.29, 0.717) is 5.95 Å². The summed E-state index contributed by atoms with van der Waals surface area (Å²) in [7, 11) is 0. The Kier molecular flexibility index (Phi) is 7.26. The number of piperidine rings is 1. The molecule has 1 fully saturated rings. The standard InChI is InChI=1S/C23H35N5/c1-5-28(15-9-14-27-12-7-6-8-13-27)22-17-20(4)24-23(26-22)25-21-16-18(2)10-11-19(21)3/h10-11,16-17H,5-9,12-15H2,1-4H3,(H,24,25,26). The van der Waals surface area contributed by atoms with Gasteiger partial charge in [0.25, 0.3) is 0 Å². The Morgan fingerprint density at radius 3 is 2.57 bits per heavy atom. The number of nitrogens with zero attached hydrogens (tertiary/aromatic N) is 4. The molecule has 0 bridgehead atoms. The third kappa shape index (κ3) is 5.68. The van der Waals surface area contributed by atoms with Crippen LogP contribution in [0, 0.1) is 20.8 Å². The van der Waals surface area contributed by atoms with Crippen LogP contribution in [0.5, 0.6) is 0 Å². The van der Waals surface area contributed by atoms with Crippen molar-refractivity contribution < 1.29 is 0 Å². The van der Waals surface area contributed by atoms with Gasteiger partial charge in [-0.1, -0.05) is 18.6 Å². The van der Waals surface area contributed by atoms with Gasteiger partial charge in [0.15, 0.2) is 0 Å². The smallest absolute Gasteiger partial charge is 0.229 e. The van der Waals surface area contributed by atoms with Crippen molar-refractivity contribution in [1.29, 1.82) is 0 Å². The molecule has 0 unspecified atom stereocenters. The lowest BCUT2D eigenvalue weighted by atomic mass is 10.1. The number of likely N-dealkylation sites (tertiary alicyclic amines) is 1. The molecule has 1 aliphatic heterocycles. The van der Waals surface area contributed by atoms with Gasteiger partial charge < -0.3 is 15.1 Å². The molecular formula is C23H35N5. The second kappa shape index (κ2) is 9.87. The number of rotatable bonds is 8. The van der Waals surface area contributed by atoms with E-state index < -0.39 is 0 Å². The van der Waals surface area contributed by atoms with E-state index in [0.717, 1.165) is 30.3 Å². The average molecular weight is 382 g/mol. The highest BCUT2D eigenvalue weighted by Gasteiger charge is 2.13. The van der Waals surface area contributed by atoms with Gasteiger partial charge >= 0.3 is 0 Å². The lowest BCUT2D eigenvalue weighted by Crippen LogP contribution is -2.33. The summed E-state index contributed by atoms with van der Waals surface area (Å²) in [5.74, 6) is 1.69. The first-order chi connectivity index (χ1) is 13.5. The number of hydrogen-bond acceptors (Lipinski definition) is 5. The number of aryl methyl sites for hydroxylation is 3. The summed E-state index contributed by atoms with van der Waals surface area (Å²) in [6.07, 6.45) is 5.29. The molecule has 0 saturated carbocycles. The molecule has 2 heterocycles. The second-order valence-corrected chi connectivity index (χ2v) is 7.97. The van der Waals surface area contributed by atoms with Crippen LogP contribution in [0.1, 0.15) is 49.4 Å². The highest BCUT2D eigenvalue weighted by atomic mass is 15.2. The molecule has 0 atom stereocenters. The lowest BCUT2D eigenvalue weighted by Gasteiger charge is -2.28. The van der Waals surface area contributed by atoms with Gasteiger partial charge in [-0.2, -0.15) is 4.98 Å². The molecule has 5 nitrogen and oxygen atoms in total. The van der Waals surface area contributed by atoms with E-state index >= 15 is 0 Å². The van der Waals surface area contributed by atoms with E-state index in [1.807, 2.05) is 6.92 Å². The fraction of sp³-hybridized carbons (Fsp3) is 0.565. The Morgan fingerprint density at radius 2 is 1.82 bits per heavy atom. The highest BCUT2D eigenvalue weighted by Crippen LogP contribution is 2.22. The van der Waals surface area contributed by atoms with Gasteiger partial charge in [0, 0.05) is 30.5 Å². The van der Waals surface area contributed by atoms with Gasteiger partial charge in [-0.05, 0) is 83.8 Å². The summed E-state index contributed by atoms with van der Waals surface area (Å²) in [4.78, 5) is 14.4. The topological polar surface area (TPSA) is 44.3 Å². The van der Waals surface area contributed by atoms with Crippen LogP contribution < -0.4 is 10.2 Å². The number of benzene rings is 1. The minimum Gasteiger partial charge on any atom is -0.357 e. The molecule has 1 aromatic heterocycles. The van der Waals surface area contributed by atoms with Crippen molar-refractivity contribution in [3.8, 4) is 0 Å². The fourth-order valence-corrected chi connectivity index (χ4v) is 3.86. The Morgan fingerprint density at radius 1 is 1.04 bits per heavy atom. The zero-order valence-corrected chi connectivity index (χ0v) is 18.0. The van der Waals surface area contributed by atoms with Crippen LogP contribution >= 0.6 is 0 Å². The van der Waals surface area contributed by atoms with Crippen LogP contribution in [-0.4, -0.2) is 47.6 Å². The maximum atomic E-state index is 4.83. The third-order valence-electron chi connectivity index (χ3n) is 5.54. The molecule has 3 rings (SSSR count). The SMILES string of the molecule is CCN(CCCN1CCCCC1)c1cc(C)nc(Nc2cc(C)ccc2C)n1. The third-order valence-corrected chi connectivity index (χ3v) is 5.54. The van der Waals surface area contributed by atoms with Crippen molar-refractivity contribution in [2.45, 2.75) is 53.4 Å². The van der Waals surface area contributed by atoms with Crippen molar-refractivity contribution in [3.05, 3.63) is 41.1 Å². The number of aromatic nitrogens is 2. The number of hydrogen-bond donors (Lipinski definition) is 1. The summed E-state index contributed by atoms with van der Waals surface area (Å²) in [6, 6.07) is 8.51. The summed E-state index contributed by atoms with van der Waals surface area (Å²) in [6.45, 7) is 14.2. The van der Waals surface area contributed by atoms with Crippen LogP contribution in [0.3, 0.4) is 0 Å². The molecule has 5 heteroatoms. The quantitative estimate of drug-likeness (QED) is 0.708. The van der Waals surface area contributed by atoms with Crippen LogP contribution in [0.25, 0.3) is 0 Å². The molecule has 1 saturated heterocycles. The summed E-state index contributed by atoms with van der Waals surface area (Å²) in [5.41, 5.74) is 4.50. The summed E-state index contributed by atoms with van der Waals surface area (Å²) in [5, 5.41) is 3.42. The van der Waals surface area contributed by atoms with Gasteiger partial charge in [-0.3, -0.25) is 0 Å². The van der Waals surface area contributed by atoms with E-state index in [1.165, 1.54) is 56.4 Å². The lowest BCUT2D eigenvalue weighted by molar-refractivity contribution is 0.227. The minimum absolute atomic E-state index is 0.679. The molecule has 1 aromatic carbocycles. The van der Waals surface area contributed by atoms with Crippen LogP contribution in [0.15, 0.2) is 24.3 Å². The van der Waals surface area contributed by atoms with Crippen molar-refractivity contribution >= 4 is 17.5 Å². The molecule has 28 heavy (non-hydrogen) atoms. The first kappa shape index (κ1) is 20.6. The monoisotopic (exact) mass is 381 g/mol. The molecule has 0 spiro atoms. The number of anilines is 3. The van der Waals surface area contributed by atoms with Gasteiger partial charge in [-0.25, -0.2) is 4.98 Å². The largest absolute Gasteiger partial charge is 0.357 e. The fourth-order valence-electron chi connectivity index (χ4n) is 3.86. The van der Waals surface area contributed by atoms with E-state index in [-0.39, 0.29) is 0 Å². The predicted octanol–water partition coefficient (Wildman–Crippen LogP) is 4.85. The molecule has 2 aromatic rings. The van der Waals surface area contributed by atoms with Crippen LogP contribution in [0.4, 0.5) is 17.5 Å². The van der Waals surface area contributed by atoms with Crippen molar-refractivity contribution in [2.75, 3.05) is 42.9 Å². The van der Waals surface area contributed by atoms with Gasteiger partial charge in [0.2, 0.25) is 5.95 Å². The number of nitrogens with one attached hydrogen (secondary N) is 1. The Bertz CT molecular complexity index is 768. The maximum absolute atomic E-state index is 4.83. The Hall–Kier alpha value is -2.14. The zero-order valence-electron chi connectivity index (χ0n) is 18.0. The van der Waals surface area contributed by atoms with E-state index in [2.05, 4.69) is 65.1 Å². The summed E-state index contributed by atoms with van der Waals surface area (Å²) < 4.78 is 0. The minimum atomic E-state index is 0.679. The molecule has 0 aliphatic carbocycles. The van der Waals surface area contributed by atoms with E-state index in [1.54, 1.807) is 0 Å². The van der Waals surface area contributed by atoms with Gasteiger partial charge in [-0.15, -0.1) is 0 Å². The Balaban J connectivity index is 1.67. The normalized spacial score (nSPS) is 14.9. The molecular weight excluding hydrogens is 346 g/mol. The second-order valence-electron chi connectivity index (χ2n) is 7.97. The molecule has 0 radical (unpaired) electrons. The van der Waals surface area contributed by atoms with Crippen LogP contribution in [0.2, 0.25) is 0 Å². The first-order valence-corrected chi connectivity index (χ1v) is 10.7. The van der Waals surface area contributed by atoms with Crippen LogP contribution in [-0.2, 0) is 0 Å². The average Bonchev–Trinajstić information content (AvgIpc) is 2.68. The maximum Gasteiger partial charge on any atom is 0.229 e. The van der Waals surface area contributed by atoms with E-state index in [4.69, 9.17) is 4.98 Å². The molecule has 1 aliphatic rings. The van der Waals surface area contributed by atoms with Gasteiger partial charge in [0.1, 0.15) is 5.82 Å². The van der Waals surface area contributed by atoms with Gasteiger partial charge in [0.05, 0.1) is 0 Å². The zero-order chi connectivity index (χ0) is 19.9. The summed E-state index contributed by atoms with van der Waals surface area (Å²) >= 11 is 0. The first-order valence-electron chi connectivity index (χ1n) is 10.7. The van der Waals surface area contributed by atoms with Crippen molar-refractivity contribution in [1.82, 2.24) is 14.9 Å². The van der Waals surface area contributed by atoms with Crippen molar-refractivity contribution in [2.24, 2.45) is 0 Å².